The molecule has 0 saturated heterocycles. The van der Waals surface area contributed by atoms with Crippen molar-refractivity contribution in [3.63, 3.8) is 0 Å². The molecule has 2 nitrogen and oxygen atoms in total. The number of amides is 1. The monoisotopic (exact) mass is 269 g/mol. The Labute approximate surface area is 99.2 Å². The number of anilines is 1. The minimum Gasteiger partial charge on any atom is -0.326 e. The van der Waals surface area contributed by atoms with Gasteiger partial charge in [-0.2, -0.15) is 0 Å². The lowest BCUT2D eigenvalue weighted by Crippen LogP contribution is -2.20. The number of benzene rings is 1. The maximum absolute atomic E-state index is 11.7. The predicted octanol–water partition coefficient (Wildman–Crippen LogP) is 3.82. The largest absolute Gasteiger partial charge is 0.326 e. The van der Waals surface area contributed by atoms with Gasteiger partial charge in [0, 0.05) is 16.1 Å². The fourth-order valence-electron chi connectivity index (χ4n) is 1.40. The molecule has 0 bridgehead atoms. The normalized spacial score (nSPS) is 12.2. The van der Waals surface area contributed by atoms with Crippen LogP contribution in [0, 0.1) is 5.92 Å². The van der Waals surface area contributed by atoms with Crippen molar-refractivity contribution < 1.29 is 4.79 Å². The number of nitrogens with one attached hydrogen (secondary N) is 1. The number of rotatable bonds is 4. The van der Waals surface area contributed by atoms with Crippen LogP contribution in [-0.4, -0.2) is 5.91 Å². The van der Waals surface area contributed by atoms with Crippen molar-refractivity contribution >= 4 is 27.5 Å². The zero-order chi connectivity index (χ0) is 11.3. The van der Waals surface area contributed by atoms with Crippen molar-refractivity contribution in [2.24, 2.45) is 5.92 Å². The molecule has 15 heavy (non-hydrogen) atoms. The van der Waals surface area contributed by atoms with Crippen molar-refractivity contribution in [1.29, 1.82) is 0 Å². The molecule has 1 unspecified atom stereocenters. The number of halogens is 1. The van der Waals surface area contributed by atoms with Gasteiger partial charge in [0.1, 0.15) is 0 Å². The first kappa shape index (κ1) is 12.2. The van der Waals surface area contributed by atoms with Crippen LogP contribution in [0.15, 0.2) is 28.7 Å². The Balaban J connectivity index is 2.58. The van der Waals surface area contributed by atoms with Gasteiger partial charge in [0.15, 0.2) is 0 Å². The van der Waals surface area contributed by atoms with Crippen LogP contribution in [0.2, 0.25) is 0 Å². The topological polar surface area (TPSA) is 29.1 Å². The molecule has 1 atom stereocenters. The van der Waals surface area contributed by atoms with Crippen LogP contribution in [0.3, 0.4) is 0 Å². The van der Waals surface area contributed by atoms with E-state index < -0.39 is 0 Å². The molecule has 1 N–H and O–H groups in total. The molecule has 0 radical (unpaired) electrons. The highest BCUT2D eigenvalue weighted by Gasteiger charge is 2.11. The van der Waals surface area contributed by atoms with Crippen LogP contribution >= 0.6 is 15.9 Å². The highest BCUT2D eigenvalue weighted by Crippen LogP contribution is 2.17. The van der Waals surface area contributed by atoms with Crippen molar-refractivity contribution in [2.45, 2.75) is 26.7 Å². The summed E-state index contributed by atoms with van der Waals surface area (Å²) < 4.78 is 0.975. The Morgan fingerprint density at radius 3 is 2.87 bits per heavy atom. The van der Waals surface area contributed by atoms with Crippen LogP contribution in [0.1, 0.15) is 26.7 Å². The second-order valence-corrected chi connectivity index (χ2v) is 4.60. The molecule has 82 valence electrons. The van der Waals surface area contributed by atoms with E-state index >= 15 is 0 Å². The van der Waals surface area contributed by atoms with Gasteiger partial charge in [-0.25, -0.2) is 0 Å². The van der Waals surface area contributed by atoms with E-state index in [-0.39, 0.29) is 11.8 Å². The van der Waals surface area contributed by atoms with Gasteiger partial charge >= 0.3 is 0 Å². The van der Waals surface area contributed by atoms with Crippen molar-refractivity contribution in [3.8, 4) is 0 Å². The minimum atomic E-state index is 0.0778. The first-order chi connectivity index (χ1) is 7.13. The molecule has 1 aromatic rings. The quantitative estimate of drug-likeness (QED) is 0.885. The molecule has 0 aromatic heterocycles. The summed E-state index contributed by atoms with van der Waals surface area (Å²) in [6, 6.07) is 7.63. The predicted molar refractivity (Wildman–Crippen MR) is 66.8 cm³/mol. The molecule has 1 amide bonds. The van der Waals surface area contributed by atoms with E-state index in [1.807, 2.05) is 31.2 Å². The lowest BCUT2D eigenvalue weighted by atomic mass is 10.1. The molecule has 3 heteroatoms. The summed E-state index contributed by atoms with van der Waals surface area (Å²) in [5.74, 6) is 0.170. The highest BCUT2D eigenvalue weighted by atomic mass is 79.9. The van der Waals surface area contributed by atoms with E-state index in [1.165, 1.54) is 0 Å². The molecular weight excluding hydrogens is 254 g/mol. The lowest BCUT2D eigenvalue weighted by molar-refractivity contribution is -0.119. The third-order valence-electron chi connectivity index (χ3n) is 2.26. The Morgan fingerprint density at radius 1 is 1.53 bits per heavy atom. The van der Waals surface area contributed by atoms with E-state index in [0.29, 0.717) is 0 Å². The summed E-state index contributed by atoms with van der Waals surface area (Å²) in [6.07, 6.45) is 1.97. The van der Waals surface area contributed by atoms with Gasteiger partial charge in [-0.05, 0) is 24.6 Å². The van der Waals surface area contributed by atoms with Crippen LogP contribution < -0.4 is 5.32 Å². The third-order valence-corrected chi connectivity index (χ3v) is 2.75. The van der Waals surface area contributed by atoms with Crippen molar-refractivity contribution in [2.75, 3.05) is 5.32 Å². The van der Waals surface area contributed by atoms with Gasteiger partial charge in [-0.1, -0.05) is 42.3 Å². The lowest BCUT2D eigenvalue weighted by Gasteiger charge is -2.11. The molecule has 0 aliphatic heterocycles. The standard InChI is InChI=1S/C12H16BrNO/c1-3-5-9(2)12(15)14-11-7-4-6-10(13)8-11/h4,6-9H,3,5H2,1-2H3,(H,14,15). The van der Waals surface area contributed by atoms with Gasteiger partial charge in [0.2, 0.25) is 5.91 Å². The maximum Gasteiger partial charge on any atom is 0.227 e. The van der Waals surface area contributed by atoms with Gasteiger partial charge in [0.25, 0.3) is 0 Å². The Kier molecular flexibility index (Phi) is 4.82. The number of carbonyl (C=O) groups excluding carboxylic acids is 1. The molecule has 1 aromatic carbocycles. The van der Waals surface area contributed by atoms with E-state index in [2.05, 4.69) is 28.2 Å². The Morgan fingerprint density at radius 2 is 2.27 bits per heavy atom. The van der Waals surface area contributed by atoms with Gasteiger partial charge in [-0.3, -0.25) is 4.79 Å². The van der Waals surface area contributed by atoms with E-state index in [0.717, 1.165) is 23.0 Å². The maximum atomic E-state index is 11.7. The van der Waals surface area contributed by atoms with Crippen LogP contribution in [0.5, 0.6) is 0 Å². The van der Waals surface area contributed by atoms with Gasteiger partial charge in [0.05, 0.1) is 0 Å². The first-order valence-electron chi connectivity index (χ1n) is 5.20. The summed E-state index contributed by atoms with van der Waals surface area (Å²) in [7, 11) is 0. The molecule has 0 fully saturated rings. The molecule has 0 spiro atoms. The van der Waals surface area contributed by atoms with Crippen molar-refractivity contribution in [3.05, 3.63) is 28.7 Å². The summed E-state index contributed by atoms with van der Waals surface area (Å²) >= 11 is 3.37. The van der Waals surface area contributed by atoms with E-state index in [4.69, 9.17) is 0 Å². The zero-order valence-electron chi connectivity index (χ0n) is 9.09. The number of hydrogen-bond donors (Lipinski definition) is 1. The summed E-state index contributed by atoms with van der Waals surface area (Å²) in [5, 5.41) is 2.90. The highest BCUT2D eigenvalue weighted by molar-refractivity contribution is 9.10. The third kappa shape index (κ3) is 4.04. The zero-order valence-corrected chi connectivity index (χ0v) is 10.7. The molecule has 1 rings (SSSR count). The fourth-order valence-corrected chi connectivity index (χ4v) is 1.80. The van der Waals surface area contributed by atoms with E-state index in [9.17, 15) is 4.79 Å². The van der Waals surface area contributed by atoms with Gasteiger partial charge in [-0.15, -0.1) is 0 Å². The fraction of sp³-hybridized carbons (Fsp3) is 0.417. The van der Waals surface area contributed by atoms with Gasteiger partial charge < -0.3 is 5.32 Å². The average molecular weight is 270 g/mol. The molecule has 0 aliphatic rings. The molecule has 0 heterocycles. The molecule has 0 saturated carbocycles. The number of hydrogen-bond acceptors (Lipinski definition) is 1. The average Bonchev–Trinajstić information content (AvgIpc) is 2.18. The second kappa shape index (κ2) is 5.91. The minimum absolute atomic E-state index is 0.0778. The van der Waals surface area contributed by atoms with E-state index in [1.54, 1.807) is 0 Å². The molecule has 0 aliphatic carbocycles. The smallest absolute Gasteiger partial charge is 0.227 e. The second-order valence-electron chi connectivity index (χ2n) is 3.69. The van der Waals surface area contributed by atoms with Crippen molar-refractivity contribution in [1.82, 2.24) is 0 Å². The first-order valence-corrected chi connectivity index (χ1v) is 5.99. The SMILES string of the molecule is CCCC(C)C(=O)Nc1cccc(Br)c1. The number of carbonyl (C=O) groups is 1. The summed E-state index contributed by atoms with van der Waals surface area (Å²) in [5.41, 5.74) is 0.845. The summed E-state index contributed by atoms with van der Waals surface area (Å²) in [4.78, 5) is 11.7. The Hall–Kier alpha value is -0.830. The molecular formula is C12H16BrNO. The van der Waals surface area contributed by atoms with Crippen LogP contribution in [0.25, 0.3) is 0 Å². The Bertz CT molecular complexity index is 338. The van der Waals surface area contributed by atoms with Crippen LogP contribution in [0.4, 0.5) is 5.69 Å². The summed E-state index contributed by atoms with van der Waals surface area (Å²) in [6.45, 7) is 4.04. The van der Waals surface area contributed by atoms with Crippen LogP contribution in [-0.2, 0) is 4.79 Å².